The third-order valence-electron chi connectivity index (χ3n) is 3.17. The zero-order valence-electron chi connectivity index (χ0n) is 11.8. The van der Waals surface area contributed by atoms with Crippen LogP contribution in [-0.2, 0) is 6.54 Å². The molecule has 0 saturated carbocycles. The second kappa shape index (κ2) is 6.64. The summed E-state index contributed by atoms with van der Waals surface area (Å²) in [4.78, 5) is 0. The van der Waals surface area contributed by atoms with Gasteiger partial charge < -0.3 is 10.1 Å². The van der Waals surface area contributed by atoms with E-state index in [0.717, 1.165) is 22.5 Å². The Bertz CT molecular complexity index is 603. The summed E-state index contributed by atoms with van der Waals surface area (Å²) in [5.74, 6) is 0.869. The maximum Gasteiger partial charge on any atom is 0.119 e. The lowest BCUT2D eigenvalue weighted by atomic mass is 10.1. The van der Waals surface area contributed by atoms with Gasteiger partial charge in [-0.1, -0.05) is 31.9 Å². The molecule has 0 heterocycles. The first-order chi connectivity index (χ1) is 9.51. The number of halogens is 2. The molecule has 0 unspecified atom stereocenters. The van der Waals surface area contributed by atoms with Crippen molar-refractivity contribution in [2.24, 2.45) is 0 Å². The first-order valence-electron chi connectivity index (χ1n) is 6.34. The lowest BCUT2D eigenvalue weighted by Gasteiger charge is -2.12. The normalized spacial score (nSPS) is 10.4. The van der Waals surface area contributed by atoms with Crippen LogP contribution < -0.4 is 10.1 Å². The van der Waals surface area contributed by atoms with Gasteiger partial charge >= 0.3 is 0 Å². The highest BCUT2D eigenvalue weighted by atomic mass is 79.9. The Labute approximate surface area is 136 Å². The number of benzene rings is 2. The fourth-order valence-electron chi connectivity index (χ4n) is 2.06. The topological polar surface area (TPSA) is 21.3 Å². The van der Waals surface area contributed by atoms with Crippen LogP contribution in [0.5, 0.6) is 5.75 Å². The lowest BCUT2D eigenvalue weighted by Crippen LogP contribution is -2.01. The van der Waals surface area contributed by atoms with E-state index in [4.69, 9.17) is 4.74 Å². The number of hydrogen-bond acceptors (Lipinski definition) is 2. The summed E-state index contributed by atoms with van der Waals surface area (Å²) in [5, 5.41) is 3.46. The first-order valence-corrected chi connectivity index (χ1v) is 7.93. The molecule has 0 amide bonds. The van der Waals surface area contributed by atoms with Crippen LogP contribution in [0.2, 0.25) is 0 Å². The number of ether oxygens (including phenoxy) is 1. The van der Waals surface area contributed by atoms with Crippen LogP contribution in [0.1, 0.15) is 16.7 Å². The van der Waals surface area contributed by atoms with Crippen molar-refractivity contribution in [2.45, 2.75) is 20.4 Å². The van der Waals surface area contributed by atoms with Crippen LogP contribution in [0.25, 0.3) is 0 Å². The number of nitrogens with one attached hydrogen (secondary N) is 1. The molecule has 0 spiro atoms. The molecule has 0 aliphatic carbocycles. The molecule has 0 aliphatic rings. The van der Waals surface area contributed by atoms with Crippen molar-refractivity contribution in [1.82, 2.24) is 0 Å². The predicted molar refractivity (Wildman–Crippen MR) is 91.6 cm³/mol. The van der Waals surface area contributed by atoms with Gasteiger partial charge in [-0.2, -0.15) is 0 Å². The third kappa shape index (κ3) is 3.55. The summed E-state index contributed by atoms with van der Waals surface area (Å²) in [7, 11) is 1.68. The van der Waals surface area contributed by atoms with Crippen molar-refractivity contribution >= 4 is 37.5 Å². The van der Waals surface area contributed by atoms with Crippen molar-refractivity contribution in [3.05, 3.63) is 56.0 Å². The van der Waals surface area contributed by atoms with Crippen LogP contribution in [0.3, 0.4) is 0 Å². The number of hydrogen-bond donors (Lipinski definition) is 1. The van der Waals surface area contributed by atoms with Gasteiger partial charge in [-0.05, 0) is 60.9 Å². The second-order valence-electron chi connectivity index (χ2n) is 4.73. The molecule has 1 N–H and O–H groups in total. The van der Waals surface area contributed by atoms with E-state index in [1.165, 1.54) is 21.2 Å². The quantitative estimate of drug-likeness (QED) is 0.739. The third-order valence-corrected chi connectivity index (χ3v) is 5.20. The summed E-state index contributed by atoms with van der Waals surface area (Å²) in [6, 6.07) is 10.3. The van der Waals surface area contributed by atoms with E-state index in [1.54, 1.807) is 7.11 Å². The molecule has 0 fully saturated rings. The fourth-order valence-corrected chi connectivity index (χ4v) is 2.67. The Balaban J connectivity index is 2.16. The number of aryl methyl sites for hydroxylation is 2. The molecule has 0 bridgehead atoms. The van der Waals surface area contributed by atoms with Gasteiger partial charge in [-0.25, -0.2) is 0 Å². The van der Waals surface area contributed by atoms with Crippen molar-refractivity contribution in [2.75, 3.05) is 12.4 Å². The Morgan fingerprint density at radius 1 is 1.05 bits per heavy atom. The maximum atomic E-state index is 5.26. The van der Waals surface area contributed by atoms with Gasteiger partial charge in [0.15, 0.2) is 0 Å². The zero-order chi connectivity index (χ0) is 14.7. The van der Waals surface area contributed by atoms with E-state index < -0.39 is 0 Å². The molecule has 4 heteroatoms. The van der Waals surface area contributed by atoms with E-state index in [9.17, 15) is 0 Å². The van der Waals surface area contributed by atoms with E-state index in [-0.39, 0.29) is 0 Å². The number of methoxy groups -OCH3 is 1. The molecule has 106 valence electrons. The Hall–Kier alpha value is -1.00. The van der Waals surface area contributed by atoms with Crippen molar-refractivity contribution < 1.29 is 4.74 Å². The van der Waals surface area contributed by atoms with Crippen LogP contribution in [0.4, 0.5) is 5.69 Å². The monoisotopic (exact) mass is 397 g/mol. The average Bonchev–Trinajstić information content (AvgIpc) is 2.43. The van der Waals surface area contributed by atoms with Gasteiger partial charge in [-0.15, -0.1) is 0 Å². The van der Waals surface area contributed by atoms with Crippen LogP contribution >= 0.6 is 31.9 Å². The summed E-state index contributed by atoms with van der Waals surface area (Å²) in [6.07, 6.45) is 0. The molecule has 2 aromatic carbocycles. The van der Waals surface area contributed by atoms with Gasteiger partial charge in [0.25, 0.3) is 0 Å². The Kier molecular flexibility index (Phi) is 5.11. The largest absolute Gasteiger partial charge is 0.497 e. The molecule has 0 radical (unpaired) electrons. The van der Waals surface area contributed by atoms with Crippen LogP contribution in [0, 0.1) is 13.8 Å². The Morgan fingerprint density at radius 3 is 2.30 bits per heavy atom. The fraction of sp³-hybridized carbons (Fsp3) is 0.250. The van der Waals surface area contributed by atoms with E-state index in [2.05, 4.69) is 63.2 Å². The van der Waals surface area contributed by atoms with Crippen LogP contribution in [0.15, 0.2) is 39.3 Å². The molecular weight excluding hydrogens is 382 g/mol. The molecule has 0 aliphatic heterocycles. The molecule has 0 saturated heterocycles. The van der Waals surface area contributed by atoms with E-state index in [1.807, 2.05) is 18.2 Å². The van der Waals surface area contributed by atoms with Gasteiger partial charge in [0.2, 0.25) is 0 Å². The molecule has 2 aromatic rings. The zero-order valence-corrected chi connectivity index (χ0v) is 14.9. The minimum Gasteiger partial charge on any atom is -0.497 e. The summed E-state index contributed by atoms with van der Waals surface area (Å²) in [6.45, 7) is 4.95. The lowest BCUT2D eigenvalue weighted by molar-refractivity contribution is 0.414. The van der Waals surface area contributed by atoms with Crippen molar-refractivity contribution in [1.29, 1.82) is 0 Å². The van der Waals surface area contributed by atoms with Gasteiger partial charge in [0, 0.05) is 21.2 Å². The average molecular weight is 399 g/mol. The van der Waals surface area contributed by atoms with Crippen molar-refractivity contribution in [3.63, 3.8) is 0 Å². The van der Waals surface area contributed by atoms with Gasteiger partial charge in [0.1, 0.15) is 5.75 Å². The smallest absolute Gasteiger partial charge is 0.119 e. The first kappa shape index (κ1) is 15.4. The summed E-state index contributed by atoms with van der Waals surface area (Å²) in [5.41, 5.74) is 4.76. The Morgan fingerprint density at radius 2 is 1.70 bits per heavy atom. The van der Waals surface area contributed by atoms with E-state index >= 15 is 0 Å². The van der Waals surface area contributed by atoms with E-state index in [0.29, 0.717) is 0 Å². The molecule has 0 atom stereocenters. The highest BCUT2D eigenvalue weighted by Gasteiger charge is 2.05. The highest BCUT2D eigenvalue weighted by Crippen LogP contribution is 2.27. The van der Waals surface area contributed by atoms with Crippen molar-refractivity contribution in [3.8, 4) is 5.75 Å². The predicted octanol–water partition coefficient (Wildman–Crippen LogP) is 5.45. The minimum atomic E-state index is 0.748. The minimum absolute atomic E-state index is 0.748. The number of rotatable bonds is 4. The molecule has 2 rings (SSSR count). The van der Waals surface area contributed by atoms with Gasteiger partial charge in [-0.3, -0.25) is 0 Å². The standard InChI is InChI=1S/C16H17Br2NO/c1-10-6-13(7-11(2)16(10)18)19-9-12-8-14(20-3)4-5-15(12)17/h4-8,19H,9H2,1-3H3. The maximum absolute atomic E-state index is 5.26. The molecule has 2 nitrogen and oxygen atoms in total. The summed E-state index contributed by atoms with van der Waals surface area (Å²) < 4.78 is 7.51. The number of anilines is 1. The molecule has 0 aromatic heterocycles. The SMILES string of the molecule is COc1ccc(Br)c(CNc2cc(C)c(Br)c(C)c2)c1. The molecule has 20 heavy (non-hydrogen) atoms. The highest BCUT2D eigenvalue weighted by molar-refractivity contribution is 9.10. The summed E-state index contributed by atoms with van der Waals surface area (Å²) >= 11 is 7.16. The second-order valence-corrected chi connectivity index (χ2v) is 6.38. The van der Waals surface area contributed by atoms with Crippen LogP contribution in [-0.4, -0.2) is 7.11 Å². The van der Waals surface area contributed by atoms with Gasteiger partial charge in [0.05, 0.1) is 7.11 Å². The molecular formula is C16H17Br2NO.